The molecule has 2 aromatic rings. The number of piperazine rings is 1. The number of rotatable bonds is 6. The quantitative estimate of drug-likeness (QED) is 0.668. The summed E-state index contributed by atoms with van der Waals surface area (Å²) in [6, 6.07) is 8.21. The van der Waals surface area contributed by atoms with Gasteiger partial charge in [0.1, 0.15) is 17.4 Å². The van der Waals surface area contributed by atoms with Gasteiger partial charge in [-0.3, -0.25) is 14.5 Å². The Morgan fingerprint density at radius 1 is 1.10 bits per heavy atom. The molecular weight excluding hydrogens is 402 g/mol. The normalized spacial score (nSPS) is 14.7. The molecular formula is C21H21ClF2N2O3. The van der Waals surface area contributed by atoms with Crippen molar-refractivity contribution in [3.63, 3.8) is 0 Å². The standard InChI is InChI=1S/C21H21ClF2N2O3/c1-14(27)16-11-15(23)5-6-20(16)29-13-21(28)26-9-7-25(8-10-26)12-17-18(22)3-2-4-19(17)24/h2-6,11H,7-10,12-13H2,1H3. The van der Waals surface area contributed by atoms with Crippen molar-refractivity contribution in [1.29, 1.82) is 0 Å². The van der Waals surface area contributed by atoms with E-state index in [2.05, 4.69) is 0 Å². The lowest BCUT2D eigenvalue weighted by Gasteiger charge is -2.34. The number of hydrogen-bond donors (Lipinski definition) is 0. The molecule has 0 aromatic heterocycles. The molecule has 1 amide bonds. The SMILES string of the molecule is CC(=O)c1cc(F)ccc1OCC(=O)N1CCN(Cc2c(F)cccc2Cl)CC1. The minimum Gasteiger partial charge on any atom is -0.483 e. The molecule has 0 saturated carbocycles. The summed E-state index contributed by atoms with van der Waals surface area (Å²) in [6.45, 7) is 3.53. The summed E-state index contributed by atoms with van der Waals surface area (Å²) >= 11 is 6.08. The molecule has 0 radical (unpaired) electrons. The van der Waals surface area contributed by atoms with Gasteiger partial charge in [-0.1, -0.05) is 17.7 Å². The monoisotopic (exact) mass is 422 g/mol. The molecule has 3 rings (SSSR count). The molecule has 1 aliphatic rings. The van der Waals surface area contributed by atoms with Crippen LogP contribution in [0.2, 0.25) is 5.02 Å². The zero-order valence-corrected chi connectivity index (χ0v) is 16.7. The average molecular weight is 423 g/mol. The van der Waals surface area contributed by atoms with Crippen molar-refractivity contribution >= 4 is 23.3 Å². The summed E-state index contributed by atoms with van der Waals surface area (Å²) in [6.07, 6.45) is 0. The molecule has 1 heterocycles. The van der Waals surface area contributed by atoms with Crippen LogP contribution in [0.5, 0.6) is 5.75 Å². The molecule has 1 fully saturated rings. The van der Waals surface area contributed by atoms with E-state index >= 15 is 0 Å². The Balaban J connectivity index is 1.52. The first-order chi connectivity index (χ1) is 13.8. The lowest BCUT2D eigenvalue weighted by molar-refractivity contribution is -0.135. The van der Waals surface area contributed by atoms with Crippen LogP contribution in [-0.2, 0) is 11.3 Å². The van der Waals surface area contributed by atoms with E-state index in [-0.39, 0.29) is 35.4 Å². The highest BCUT2D eigenvalue weighted by molar-refractivity contribution is 6.31. The molecule has 0 atom stereocenters. The van der Waals surface area contributed by atoms with Crippen LogP contribution in [-0.4, -0.2) is 54.3 Å². The van der Waals surface area contributed by atoms with E-state index in [0.717, 1.165) is 6.07 Å². The number of amides is 1. The third-order valence-electron chi connectivity index (χ3n) is 4.84. The second kappa shape index (κ2) is 9.33. The Morgan fingerprint density at radius 3 is 2.48 bits per heavy atom. The van der Waals surface area contributed by atoms with Gasteiger partial charge in [0.2, 0.25) is 0 Å². The van der Waals surface area contributed by atoms with E-state index in [1.54, 1.807) is 17.0 Å². The van der Waals surface area contributed by atoms with Crippen molar-refractivity contribution < 1.29 is 23.1 Å². The molecule has 1 saturated heterocycles. The number of ketones is 1. The van der Waals surface area contributed by atoms with Gasteiger partial charge in [0.25, 0.3) is 5.91 Å². The van der Waals surface area contributed by atoms with E-state index in [1.165, 1.54) is 25.1 Å². The minimum atomic E-state index is -0.542. The van der Waals surface area contributed by atoms with Gasteiger partial charge in [0.05, 0.1) is 5.56 Å². The first-order valence-electron chi connectivity index (χ1n) is 9.21. The fourth-order valence-electron chi connectivity index (χ4n) is 3.20. The lowest BCUT2D eigenvalue weighted by Crippen LogP contribution is -2.49. The Morgan fingerprint density at radius 2 is 1.83 bits per heavy atom. The molecule has 2 aromatic carbocycles. The minimum absolute atomic E-state index is 0.101. The Kier molecular flexibility index (Phi) is 6.82. The third kappa shape index (κ3) is 5.31. The van der Waals surface area contributed by atoms with Crippen molar-refractivity contribution in [1.82, 2.24) is 9.80 Å². The predicted octanol–water partition coefficient (Wildman–Crippen LogP) is 3.54. The summed E-state index contributed by atoms with van der Waals surface area (Å²) in [5, 5.41) is 0.387. The number of carbonyl (C=O) groups excluding carboxylic acids is 2. The third-order valence-corrected chi connectivity index (χ3v) is 5.19. The second-order valence-electron chi connectivity index (χ2n) is 6.84. The van der Waals surface area contributed by atoms with Gasteiger partial charge in [-0.2, -0.15) is 0 Å². The molecule has 5 nitrogen and oxygen atoms in total. The molecule has 8 heteroatoms. The number of carbonyl (C=O) groups is 2. The molecule has 0 bridgehead atoms. The smallest absolute Gasteiger partial charge is 0.260 e. The Bertz CT molecular complexity index is 895. The Hall–Kier alpha value is -2.51. The van der Waals surface area contributed by atoms with Crippen LogP contribution in [0.15, 0.2) is 36.4 Å². The number of ether oxygens (including phenoxy) is 1. The van der Waals surface area contributed by atoms with Crippen molar-refractivity contribution in [2.75, 3.05) is 32.8 Å². The summed E-state index contributed by atoms with van der Waals surface area (Å²) in [4.78, 5) is 27.7. The largest absolute Gasteiger partial charge is 0.483 e. The van der Waals surface area contributed by atoms with Crippen LogP contribution >= 0.6 is 11.6 Å². The van der Waals surface area contributed by atoms with Gasteiger partial charge in [-0.15, -0.1) is 0 Å². The first kappa shape index (κ1) is 21.2. The number of hydrogen-bond acceptors (Lipinski definition) is 4. The van der Waals surface area contributed by atoms with Crippen molar-refractivity contribution in [2.24, 2.45) is 0 Å². The molecule has 29 heavy (non-hydrogen) atoms. The highest BCUT2D eigenvalue weighted by atomic mass is 35.5. The van der Waals surface area contributed by atoms with Crippen LogP contribution in [0.3, 0.4) is 0 Å². The van der Waals surface area contributed by atoms with E-state index in [4.69, 9.17) is 16.3 Å². The highest BCUT2D eigenvalue weighted by Crippen LogP contribution is 2.22. The van der Waals surface area contributed by atoms with Crippen LogP contribution in [0, 0.1) is 11.6 Å². The highest BCUT2D eigenvalue weighted by Gasteiger charge is 2.23. The van der Waals surface area contributed by atoms with Gasteiger partial charge < -0.3 is 9.64 Å². The van der Waals surface area contributed by atoms with E-state index in [1.807, 2.05) is 4.90 Å². The van der Waals surface area contributed by atoms with Gasteiger partial charge in [-0.25, -0.2) is 8.78 Å². The molecule has 0 N–H and O–H groups in total. The number of Topliss-reactive ketones (excluding diaryl/α,β-unsaturated/α-hetero) is 1. The molecule has 0 aliphatic carbocycles. The zero-order chi connectivity index (χ0) is 21.0. The van der Waals surface area contributed by atoms with Gasteiger partial charge in [0, 0.05) is 43.3 Å². The summed E-state index contributed by atoms with van der Waals surface area (Å²) in [7, 11) is 0. The van der Waals surface area contributed by atoms with E-state index in [9.17, 15) is 18.4 Å². The summed E-state index contributed by atoms with van der Waals surface area (Å²) in [5.74, 6) is -1.27. The summed E-state index contributed by atoms with van der Waals surface area (Å²) in [5.41, 5.74) is 0.551. The number of halogens is 3. The Labute approximate surface area is 172 Å². The number of benzene rings is 2. The van der Waals surface area contributed by atoms with Crippen molar-refractivity contribution in [2.45, 2.75) is 13.5 Å². The number of nitrogens with zero attached hydrogens (tertiary/aromatic N) is 2. The fourth-order valence-corrected chi connectivity index (χ4v) is 3.42. The van der Waals surface area contributed by atoms with Gasteiger partial charge in [-0.05, 0) is 37.3 Å². The molecule has 1 aliphatic heterocycles. The van der Waals surface area contributed by atoms with Crippen LogP contribution in [0.4, 0.5) is 8.78 Å². The second-order valence-corrected chi connectivity index (χ2v) is 7.25. The van der Waals surface area contributed by atoms with Crippen molar-refractivity contribution in [3.8, 4) is 5.75 Å². The van der Waals surface area contributed by atoms with E-state index < -0.39 is 5.82 Å². The molecule has 154 valence electrons. The van der Waals surface area contributed by atoms with Crippen LogP contribution < -0.4 is 4.74 Å². The van der Waals surface area contributed by atoms with Gasteiger partial charge in [0.15, 0.2) is 12.4 Å². The average Bonchev–Trinajstić information content (AvgIpc) is 2.70. The molecule has 0 unspecified atom stereocenters. The molecule has 0 spiro atoms. The van der Waals surface area contributed by atoms with Crippen molar-refractivity contribution in [3.05, 3.63) is 64.2 Å². The first-order valence-corrected chi connectivity index (χ1v) is 9.59. The maximum atomic E-state index is 13.9. The predicted molar refractivity (Wildman–Crippen MR) is 105 cm³/mol. The topological polar surface area (TPSA) is 49.9 Å². The van der Waals surface area contributed by atoms with Crippen LogP contribution in [0.25, 0.3) is 0 Å². The zero-order valence-electron chi connectivity index (χ0n) is 16.0. The van der Waals surface area contributed by atoms with Gasteiger partial charge >= 0.3 is 0 Å². The maximum absolute atomic E-state index is 13.9. The summed E-state index contributed by atoms with van der Waals surface area (Å²) < 4.78 is 32.7. The van der Waals surface area contributed by atoms with Crippen LogP contribution in [0.1, 0.15) is 22.8 Å². The van der Waals surface area contributed by atoms with E-state index in [0.29, 0.717) is 43.3 Å². The lowest BCUT2D eigenvalue weighted by atomic mass is 10.1. The fraction of sp³-hybridized carbons (Fsp3) is 0.333. The maximum Gasteiger partial charge on any atom is 0.260 e.